The molecule has 1 aliphatic carbocycles. The van der Waals surface area contributed by atoms with Gasteiger partial charge in [-0.15, -0.1) is 0 Å². The van der Waals surface area contributed by atoms with Crippen LogP contribution < -0.4 is 4.72 Å². The molecule has 1 aliphatic rings. The van der Waals surface area contributed by atoms with E-state index in [1.807, 2.05) is 0 Å². The van der Waals surface area contributed by atoms with Gasteiger partial charge in [-0.05, 0) is 31.1 Å². The van der Waals surface area contributed by atoms with Crippen LogP contribution in [0.25, 0.3) is 0 Å². The molecule has 0 spiro atoms. The van der Waals surface area contributed by atoms with E-state index in [-0.39, 0.29) is 0 Å². The Balaban J connectivity index is 2.20. The van der Waals surface area contributed by atoms with Crippen molar-refractivity contribution in [1.82, 2.24) is 4.72 Å². The molecule has 14 heavy (non-hydrogen) atoms. The molecule has 0 radical (unpaired) electrons. The van der Waals surface area contributed by atoms with Crippen molar-refractivity contribution in [1.29, 1.82) is 0 Å². The summed E-state index contributed by atoms with van der Waals surface area (Å²) in [6, 6.07) is 0. The highest BCUT2D eigenvalue weighted by Crippen LogP contribution is 2.29. The first kappa shape index (κ1) is 12.5. The number of hydrogen-bond acceptors (Lipinski definition) is 2. The van der Waals surface area contributed by atoms with E-state index in [4.69, 9.17) is 0 Å². The van der Waals surface area contributed by atoms with Gasteiger partial charge in [0.25, 0.3) is 0 Å². The van der Waals surface area contributed by atoms with E-state index in [0.29, 0.717) is 24.1 Å². The summed E-state index contributed by atoms with van der Waals surface area (Å²) >= 11 is 3.34. The zero-order valence-corrected chi connectivity index (χ0v) is 10.9. The zero-order chi connectivity index (χ0) is 10.6. The van der Waals surface area contributed by atoms with Crippen molar-refractivity contribution in [3.63, 3.8) is 0 Å². The standard InChI is InChI=1S/C9H18BrNO2S/c1-8(4-5-10)6-11-14(12,13)7-9-2-3-9/h8-9,11H,2-7H2,1H3. The van der Waals surface area contributed by atoms with Crippen molar-refractivity contribution < 1.29 is 8.42 Å². The first-order chi connectivity index (χ1) is 6.53. The zero-order valence-electron chi connectivity index (χ0n) is 8.50. The van der Waals surface area contributed by atoms with E-state index in [2.05, 4.69) is 27.6 Å². The van der Waals surface area contributed by atoms with Crippen molar-refractivity contribution in [2.24, 2.45) is 11.8 Å². The van der Waals surface area contributed by atoms with Crippen LogP contribution in [0.3, 0.4) is 0 Å². The molecule has 1 fully saturated rings. The second kappa shape index (κ2) is 5.47. The van der Waals surface area contributed by atoms with Gasteiger partial charge in [-0.25, -0.2) is 13.1 Å². The third kappa shape index (κ3) is 5.32. The van der Waals surface area contributed by atoms with Gasteiger partial charge >= 0.3 is 0 Å². The van der Waals surface area contributed by atoms with Crippen LogP contribution in [0.1, 0.15) is 26.2 Å². The molecule has 1 saturated carbocycles. The molecule has 1 atom stereocenters. The van der Waals surface area contributed by atoms with Gasteiger partial charge in [0.05, 0.1) is 5.75 Å². The van der Waals surface area contributed by atoms with Gasteiger partial charge in [-0.2, -0.15) is 0 Å². The molecule has 0 bridgehead atoms. The number of sulfonamides is 1. The highest BCUT2D eigenvalue weighted by atomic mass is 79.9. The molecule has 0 saturated heterocycles. The van der Waals surface area contributed by atoms with E-state index in [9.17, 15) is 8.42 Å². The first-order valence-electron chi connectivity index (χ1n) is 5.07. The van der Waals surface area contributed by atoms with Crippen molar-refractivity contribution >= 4 is 26.0 Å². The Hall–Kier alpha value is 0.390. The SMILES string of the molecule is CC(CCBr)CNS(=O)(=O)CC1CC1. The van der Waals surface area contributed by atoms with Crippen molar-refractivity contribution in [3.8, 4) is 0 Å². The Morgan fingerprint density at radius 1 is 1.50 bits per heavy atom. The Morgan fingerprint density at radius 2 is 2.14 bits per heavy atom. The molecule has 3 nitrogen and oxygen atoms in total. The van der Waals surface area contributed by atoms with Crippen molar-refractivity contribution in [2.75, 3.05) is 17.6 Å². The Morgan fingerprint density at radius 3 is 2.64 bits per heavy atom. The van der Waals surface area contributed by atoms with Crippen LogP contribution in [-0.4, -0.2) is 26.0 Å². The molecule has 0 amide bonds. The van der Waals surface area contributed by atoms with Crippen molar-refractivity contribution in [3.05, 3.63) is 0 Å². The molecule has 0 aliphatic heterocycles. The number of halogens is 1. The topological polar surface area (TPSA) is 46.2 Å². The van der Waals surface area contributed by atoms with Gasteiger partial charge in [0.1, 0.15) is 0 Å². The number of rotatable bonds is 7. The minimum Gasteiger partial charge on any atom is -0.215 e. The van der Waals surface area contributed by atoms with Crippen LogP contribution in [0.2, 0.25) is 0 Å². The van der Waals surface area contributed by atoms with Crippen LogP contribution >= 0.6 is 15.9 Å². The molecule has 0 aromatic heterocycles. The van der Waals surface area contributed by atoms with E-state index in [0.717, 1.165) is 24.6 Å². The van der Waals surface area contributed by atoms with Gasteiger partial charge in [-0.3, -0.25) is 0 Å². The van der Waals surface area contributed by atoms with Gasteiger partial charge in [0.2, 0.25) is 10.0 Å². The fraction of sp³-hybridized carbons (Fsp3) is 1.00. The quantitative estimate of drug-likeness (QED) is 0.724. The van der Waals surface area contributed by atoms with Gasteiger partial charge in [0.15, 0.2) is 0 Å². The molecule has 0 aromatic carbocycles. The number of alkyl halides is 1. The van der Waals surface area contributed by atoms with E-state index in [1.165, 1.54) is 0 Å². The maximum Gasteiger partial charge on any atom is 0.211 e. The molecular formula is C9H18BrNO2S. The molecule has 84 valence electrons. The lowest BCUT2D eigenvalue weighted by Gasteiger charge is -2.11. The monoisotopic (exact) mass is 283 g/mol. The maximum atomic E-state index is 11.5. The predicted octanol–water partition coefficient (Wildman–Crippen LogP) is 1.74. The molecule has 5 heteroatoms. The lowest BCUT2D eigenvalue weighted by molar-refractivity contribution is 0.530. The number of hydrogen-bond donors (Lipinski definition) is 1. The summed E-state index contributed by atoms with van der Waals surface area (Å²) < 4.78 is 25.6. The molecule has 0 aromatic rings. The summed E-state index contributed by atoms with van der Waals surface area (Å²) in [5, 5.41) is 0.929. The second-order valence-corrected chi connectivity index (χ2v) is 6.80. The molecule has 1 rings (SSSR count). The second-order valence-electron chi connectivity index (χ2n) is 4.16. The van der Waals surface area contributed by atoms with Crippen LogP contribution in [-0.2, 0) is 10.0 Å². The van der Waals surface area contributed by atoms with E-state index >= 15 is 0 Å². The maximum absolute atomic E-state index is 11.5. The normalized spacial score (nSPS) is 19.6. The minimum atomic E-state index is -3.00. The van der Waals surface area contributed by atoms with Gasteiger partial charge in [0, 0.05) is 11.9 Å². The summed E-state index contributed by atoms with van der Waals surface area (Å²) in [7, 11) is -3.00. The highest BCUT2D eigenvalue weighted by Gasteiger charge is 2.27. The van der Waals surface area contributed by atoms with Gasteiger partial charge in [-0.1, -0.05) is 22.9 Å². The minimum absolute atomic E-state index is 0.327. The van der Waals surface area contributed by atoms with Crippen molar-refractivity contribution in [2.45, 2.75) is 26.2 Å². The third-order valence-corrected chi connectivity index (χ3v) is 4.38. The summed E-state index contributed by atoms with van der Waals surface area (Å²) in [5.41, 5.74) is 0. The van der Waals surface area contributed by atoms with Crippen LogP contribution in [0.5, 0.6) is 0 Å². The summed E-state index contributed by atoms with van der Waals surface area (Å²) in [6.45, 7) is 2.63. The lowest BCUT2D eigenvalue weighted by atomic mass is 10.1. The summed E-state index contributed by atoms with van der Waals surface area (Å²) in [5.74, 6) is 1.16. The molecular weight excluding hydrogens is 266 g/mol. The first-order valence-corrected chi connectivity index (χ1v) is 7.84. The average Bonchev–Trinajstić information content (AvgIpc) is 2.85. The molecule has 1 N–H and O–H groups in total. The Bertz CT molecular complexity index is 262. The largest absolute Gasteiger partial charge is 0.215 e. The van der Waals surface area contributed by atoms with Crippen LogP contribution in [0.4, 0.5) is 0 Å². The third-order valence-electron chi connectivity index (χ3n) is 2.41. The summed E-state index contributed by atoms with van der Waals surface area (Å²) in [4.78, 5) is 0. The summed E-state index contributed by atoms with van der Waals surface area (Å²) in [6.07, 6.45) is 3.17. The lowest BCUT2D eigenvalue weighted by Crippen LogP contribution is -2.31. The van der Waals surface area contributed by atoms with E-state index in [1.54, 1.807) is 0 Å². The van der Waals surface area contributed by atoms with E-state index < -0.39 is 10.0 Å². The fourth-order valence-corrected chi connectivity index (χ4v) is 3.60. The highest BCUT2D eigenvalue weighted by molar-refractivity contribution is 9.09. The van der Waals surface area contributed by atoms with Gasteiger partial charge < -0.3 is 0 Å². The smallest absolute Gasteiger partial charge is 0.211 e. The average molecular weight is 284 g/mol. The Kier molecular flexibility index (Phi) is 4.87. The van der Waals surface area contributed by atoms with Crippen LogP contribution in [0.15, 0.2) is 0 Å². The number of nitrogens with one attached hydrogen (secondary N) is 1. The van der Waals surface area contributed by atoms with Crippen LogP contribution in [0, 0.1) is 11.8 Å². The Labute approximate surface area is 94.8 Å². The fourth-order valence-electron chi connectivity index (χ4n) is 1.21. The molecule has 0 heterocycles. The molecule has 1 unspecified atom stereocenters. The predicted molar refractivity (Wildman–Crippen MR) is 62.1 cm³/mol.